The van der Waals surface area contributed by atoms with Crippen LogP contribution in [-0.2, 0) is 13.1 Å². The molecule has 0 radical (unpaired) electrons. The molecule has 0 spiro atoms. The van der Waals surface area contributed by atoms with Gasteiger partial charge in [-0.25, -0.2) is 4.39 Å². The van der Waals surface area contributed by atoms with Crippen LogP contribution in [0.4, 0.5) is 4.39 Å². The van der Waals surface area contributed by atoms with Gasteiger partial charge in [-0.3, -0.25) is 4.79 Å². The Bertz CT molecular complexity index is 1080. The molecular formula is C21H16ClFN2OS. The van der Waals surface area contributed by atoms with E-state index >= 15 is 0 Å². The fourth-order valence-corrected chi connectivity index (χ4v) is 3.93. The summed E-state index contributed by atoms with van der Waals surface area (Å²) in [6, 6.07) is 17.6. The summed E-state index contributed by atoms with van der Waals surface area (Å²) in [5.74, 6) is -0.414. The molecular weight excluding hydrogens is 383 g/mol. The summed E-state index contributed by atoms with van der Waals surface area (Å²) in [5, 5.41) is 5.63. The molecule has 0 aliphatic rings. The fraction of sp³-hybridized carbons (Fsp3) is 0.0952. The van der Waals surface area contributed by atoms with Crippen LogP contribution in [0, 0.1) is 5.82 Å². The second-order valence-corrected chi connectivity index (χ2v) is 7.61. The van der Waals surface area contributed by atoms with E-state index < -0.39 is 0 Å². The van der Waals surface area contributed by atoms with Crippen LogP contribution in [0.1, 0.15) is 21.6 Å². The first-order valence-corrected chi connectivity index (χ1v) is 9.70. The molecule has 0 saturated carbocycles. The second-order valence-electron chi connectivity index (χ2n) is 6.22. The Hall–Kier alpha value is -2.63. The van der Waals surface area contributed by atoms with E-state index in [1.807, 2.05) is 34.2 Å². The molecule has 4 aromatic rings. The maximum atomic E-state index is 13.2. The topological polar surface area (TPSA) is 34.0 Å². The zero-order chi connectivity index (χ0) is 18.8. The SMILES string of the molecule is O=C(NCc1ccc(Cl)cc1)c1cc2sccc2n1Cc1ccc(F)cc1. The number of halogens is 2. The molecule has 6 heteroatoms. The number of aromatic nitrogens is 1. The number of rotatable bonds is 5. The Balaban J connectivity index is 1.58. The first-order valence-electron chi connectivity index (χ1n) is 8.44. The van der Waals surface area contributed by atoms with E-state index in [9.17, 15) is 9.18 Å². The van der Waals surface area contributed by atoms with Crippen molar-refractivity contribution in [2.24, 2.45) is 0 Å². The van der Waals surface area contributed by atoms with E-state index in [1.165, 1.54) is 12.1 Å². The minimum Gasteiger partial charge on any atom is -0.347 e. The summed E-state index contributed by atoms with van der Waals surface area (Å²) in [5.41, 5.74) is 3.51. The van der Waals surface area contributed by atoms with Crippen molar-refractivity contribution in [2.75, 3.05) is 0 Å². The van der Waals surface area contributed by atoms with E-state index in [1.54, 1.807) is 35.6 Å². The quantitative estimate of drug-likeness (QED) is 0.475. The predicted octanol–water partition coefficient (Wildman–Crippen LogP) is 5.47. The van der Waals surface area contributed by atoms with Gasteiger partial charge in [0.2, 0.25) is 0 Å². The van der Waals surface area contributed by atoms with Crippen molar-refractivity contribution in [3.63, 3.8) is 0 Å². The summed E-state index contributed by atoms with van der Waals surface area (Å²) in [6.45, 7) is 0.926. The van der Waals surface area contributed by atoms with Gasteiger partial charge in [0.1, 0.15) is 11.5 Å². The van der Waals surface area contributed by atoms with Gasteiger partial charge >= 0.3 is 0 Å². The lowest BCUT2D eigenvalue weighted by molar-refractivity contribution is 0.0942. The molecule has 1 amide bonds. The second kappa shape index (κ2) is 7.55. The highest BCUT2D eigenvalue weighted by atomic mass is 35.5. The van der Waals surface area contributed by atoms with Gasteiger partial charge in [0.15, 0.2) is 0 Å². The molecule has 0 saturated heterocycles. The molecule has 2 heterocycles. The highest BCUT2D eigenvalue weighted by molar-refractivity contribution is 7.17. The lowest BCUT2D eigenvalue weighted by atomic mass is 10.2. The maximum Gasteiger partial charge on any atom is 0.268 e. The third-order valence-electron chi connectivity index (χ3n) is 4.38. The highest BCUT2D eigenvalue weighted by Crippen LogP contribution is 2.26. The van der Waals surface area contributed by atoms with Crippen LogP contribution in [0.3, 0.4) is 0 Å². The molecule has 0 bridgehead atoms. The van der Waals surface area contributed by atoms with Crippen molar-refractivity contribution in [3.05, 3.63) is 93.7 Å². The van der Waals surface area contributed by atoms with Crippen molar-refractivity contribution in [3.8, 4) is 0 Å². The van der Waals surface area contributed by atoms with Gasteiger partial charge in [0.05, 0.1) is 10.2 Å². The van der Waals surface area contributed by atoms with Crippen molar-refractivity contribution >= 4 is 39.1 Å². The van der Waals surface area contributed by atoms with Gasteiger partial charge in [0, 0.05) is 18.1 Å². The molecule has 4 rings (SSSR count). The maximum absolute atomic E-state index is 13.2. The number of carbonyl (C=O) groups excluding carboxylic acids is 1. The fourth-order valence-electron chi connectivity index (χ4n) is 2.98. The van der Waals surface area contributed by atoms with Crippen LogP contribution >= 0.6 is 22.9 Å². The van der Waals surface area contributed by atoms with E-state index in [0.717, 1.165) is 21.3 Å². The minimum absolute atomic E-state index is 0.143. The summed E-state index contributed by atoms with van der Waals surface area (Å²) in [7, 11) is 0. The van der Waals surface area contributed by atoms with Crippen molar-refractivity contribution in [1.29, 1.82) is 0 Å². The Morgan fingerprint density at radius 2 is 1.74 bits per heavy atom. The van der Waals surface area contributed by atoms with Gasteiger partial charge in [0.25, 0.3) is 5.91 Å². The molecule has 0 unspecified atom stereocenters. The molecule has 0 aliphatic heterocycles. The van der Waals surface area contributed by atoms with Gasteiger partial charge in [-0.1, -0.05) is 35.9 Å². The molecule has 2 aromatic heterocycles. The Morgan fingerprint density at radius 1 is 1.04 bits per heavy atom. The summed E-state index contributed by atoms with van der Waals surface area (Å²) < 4.78 is 16.2. The zero-order valence-electron chi connectivity index (χ0n) is 14.3. The molecule has 0 atom stereocenters. The molecule has 136 valence electrons. The smallest absolute Gasteiger partial charge is 0.268 e. The van der Waals surface area contributed by atoms with Crippen molar-refractivity contribution in [2.45, 2.75) is 13.1 Å². The van der Waals surface area contributed by atoms with Crippen LogP contribution in [0.2, 0.25) is 5.02 Å². The molecule has 0 fully saturated rings. The summed E-state index contributed by atoms with van der Waals surface area (Å²) in [6.07, 6.45) is 0. The molecule has 0 aliphatic carbocycles. The molecule has 1 N–H and O–H groups in total. The average Bonchev–Trinajstić information content (AvgIpc) is 3.25. The van der Waals surface area contributed by atoms with Crippen LogP contribution < -0.4 is 5.32 Å². The van der Waals surface area contributed by atoms with Crippen molar-refractivity contribution in [1.82, 2.24) is 9.88 Å². The number of hydrogen-bond acceptors (Lipinski definition) is 2. The van der Waals surface area contributed by atoms with Gasteiger partial charge in [-0.2, -0.15) is 0 Å². The Labute approximate surface area is 165 Å². The Morgan fingerprint density at radius 3 is 2.48 bits per heavy atom. The number of nitrogens with one attached hydrogen (secondary N) is 1. The van der Waals surface area contributed by atoms with Crippen molar-refractivity contribution < 1.29 is 9.18 Å². The lowest BCUT2D eigenvalue weighted by Crippen LogP contribution is -2.25. The number of hydrogen-bond donors (Lipinski definition) is 1. The van der Waals surface area contributed by atoms with E-state index in [2.05, 4.69) is 5.32 Å². The first kappa shape index (κ1) is 17.8. The number of thiophene rings is 1. The summed E-state index contributed by atoms with van der Waals surface area (Å²) >= 11 is 7.49. The monoisotopic (exact) mass is 398 g/mol. The van der Waals surface area contributed by atoms with Crippen LogP contribution in [0.15, 0.2) is 66.0 Å². The van der Waals surface area contributed by atoms with Crippen LogP contribution in [0.25, 0.3) is 10.2 Å². The lowest BCUT2D eigenvalue weighted by Gasteiger charge is -2.11. The highest BCUT2D eigenvalue weighted by Gasteiger charge is 2.16. The number of amides is 1. The largest absolute Gasteiger partial charge is 0.347 e. The van der Waals surface area contributed by atoms with E-state index in [0.29, 0.717) is 23.8 Å². The minimum atomic E-state index is -0.270. The number of benzene rings is 2. The number of fused-ring (bicyclic) bond motifs is 1. The van der Waals surface area contributed by atoms with Crippen LogP contribution in [0.5, 0.6) is 0 Å². The number of carbonyl (C=O) groups is 1. The zero-order valence-corrected chi connectivity index (χ0v) is 15.9. The molecule has 27 heavy (non-hydrogen) atoms. The van der Waals surface area contributed by atoms with Crippen LogP contribution in [-0.4, -0.2) is 10.5 Å². The van der Waals surface area contributed by atoms with E-state index in [4.69, 9.17) is 11.6 Å². The predicted molar refractivity (Wildman–Crippen MR) is 108 cm³/mol. The van der Waals surface area contributed by atoms with E-state index in [-0.39, 0.29) is 11.7 Å². The summed E-state index contributed by atoms with van der Waals surface area (Å²) in [4.78, 5) is 12.8. The first-order chi connectivity index (χ1) is 13.1. The molecule has 2 aromatic carbocycles. The van der Waals surface area contributed by atoms with Gasteiger partial charge in [-0.15, -0.1) is 11.3 Å². The number of nitrogens with zero attached hydrogens (tertiary/aromatic N) is 1. The third-order valence-corrected chi connectivity index (χ3v) is 5.48. The molecule has 3 nitrogen and oxygen atoms in total. The standard InChI is InChI=1S/C21H16ClFN2OS/c22-16-5-1-14(2-6-16)12-24-21(26)19-11-20-18(9-10-27-20)25(19)13-15-3-7-17(23)8-4-15/h1-11H,12-13H2,(H,24,26). The average molecular weight is 399 g/mol. The van der Waals surface area contributed by atoms with Gasteiger partial charge < -0.3 is 9.88 Å². The van der Waals surface area contributed by atoms with Gasteiger partial charge in [-0.05, 0) is 52.9 Å². The third kappa shape index (κ3) is 3.89. The Kier molecular flexibility index (Phi) is 4.97. The normalized spacial score (nSPS) is 11.0.